The van der Waals surface area contributed by atoms with Crippen LogP contribution < -0.4 is 5.73 Å². The van der Waals surface area contributed by atoms with Crippen LogP contribution >= 0.6 is 27.3 Å². The molecule has 2 N–H and O–H groups in total. The monoisotopic (exact) mass is 303 g/mol. The zero-order chi connectivity index (χ0) is 12.1. The van der Waals surface area contributed by atoms with E-state index in [2.05, 4.69) is 15.9 Å². The van der Waals surface area contributed by atoms with E-state index in [9.17, 15) is 9.59 Å². The average molecular weight is 304 g/mol. The minimum atomic E-state index is -0.910. The first-order valence-corrected chi connectivity index (χ1v) is 6.03. The van der Waals surface area contributed by atoms with Crippen molar-refractivity contribution in [3.05, 3.63) is 26.9 Å². The van der Waals surface area contributed by atoms with E-state index < -0.39 is 18.0 Å². The minimum absolute atomic E-state index is 0.587. The maximum atomic E-state index is 11.2. The fraction of sp³-hybridized carbons (Fsp3) is 0.200. The summed E-state index contributed by atoms with van der Waals surface area (Å²) in [6.07, 6.45) is 1.97. The molecule has 1 unspecified atom stereocenters. The van der Waals surface area contributed by atoms with Crippen molar-refractivity contribution in [1.29, 1.82) is 0 Å². The Morgan fingerprint density at radius 3 is 2.75 bits per heavy atom. The van der Waals surface area contributed by atoms with Crippen molar-refractivity contribution in [3.8, 4) is 0 Å². The van der Waals surface area contributed by atoms with Crippen molar-refractivity contribution in [3.63, 3.8) is 0 Å². The van der Waals surface area contributed by atoms with Crippen molar-refractivity contribution < 1.29 is 14.3 Å². The van der Waals surface area contributed by atoms with Gasteiger partial charge in [0, 0.05) is 11.0 Å². The Bertz CT molecular complexity index is 427. The molecule has 0 aliphatic rings. The first-order chi connectivity index (χ1) is 7.49. The second kappa shape index (κ2) is 5.81. The van der Waals surface area contributed by atoms with Gasteiger partial charge < -0.3 is 10.5 Å². The summed E-state index contributed by atoms with van der Waals surface area (Å²) in [5.74, 6) is -1.25. The van der Waals surface area contributed by atoms with Crippen molar-refractivity contribution in [2.75, 3.05) is 0 Å². The lowest BCUT2D eigenvalue weighted by Gasteiger charge is -2.06. The molecule has 4 nitrogen and oxygen atoms in total. The van der Waals surface area contributed by atoms with Crippen LogP contribution in [0.25, 0.3) is 6.08 Å². The van der Waals surface area contributed by atoms with E-state index >= 15 is 0 Å². The summed E-state index contributed by atoms with van der Waals surface area (Å²) in [5, 5.41) is 0. The van der Waals surface area contributed by atoms with Gasteiger partial charge in [-0.1, -0.05) is 0 Å². The molecule has 0 spiro atoms. The lowest BCUT2D eigenvalue weighted by Crippen LogP contribution is -2.29. The third-order valence-electron chi connectivity index (χ3n) is 1.67. The van der Waals surface area contributed by atoms with Gasteiger partial charge in [-0.05, 0) is 41.1 Å². The summed E-state index contributed by atoms with van der Waals surface area (Å²) < 4.78 is 5.71. The largest absolute Gasteiger partial charge is 0.449 e. The molecule has 0 saturated heterocycles. The Morgan fingerprint density at radius 1 is 1.56 bits per heavy atom. The highest BCUT2D eigenvalue weighted by Crippen LogP contribution is 2.22. The number of ether oxygens (including phenoxy) is 1. The molecular weight excluding hydrogens is 294 g/mol. The standard InChI is InChI=1S/C10H10BrNO3S/c1-6(10(12)14)15-9(13)5-3-7-2-4-8(11)16-7/h2-6H,1H3,(H2,12,14)/b5-3+. The smallest absolute Gasteiger partial charge is 0.331 e. The number of nitrogens with two attached hydrogens (primary N) is 1. The van der Waals surface area contributed by atoms with Crippen LogP contribution in [-0.4, -0.2) is 18.0 Å². The fourth-order valence-corrected chi connectivity index (χ4v) is 2.17. The van der Waals surface area contributed by atoms with Crippen molar-refractivity contribution in [1.82, 2.24) is 0 Å². The molecule has 1 heterocycles. The van der Waals surface area contributed by atoms with Crippen molar-refractivity contribution in [2.24, 2.45) is 5.73 Å². The maximum Gasteiger partial charge on any atom is 0.331 e. The summed E-state index contributed by atoms with van der Waals surface area (Å²) >= 11 is 4.79. The third-order valence-corrected chi connectivity index (χ3v) is 3.26. The summed E-state index contributed by atoms with van der Waals surface area (Å²) in [6.45, 7) is 1.43. The Kier molecular flexibility index (Phi) is 4.70. The molecule has 0 radical (unpaired) electrons. The maximum absolute atomic E-state index is 11.2. The van der Waals surface area contributed by atoms with Crippen molar-refractivity contribution in [2.45, 2.75) is 13.0 Å². The average Bonchev–Trinajstić information content (AvgIpc) is 2.61. The van der Waals surface area contributed by atoms with Gasteiger partial charge in [0.05, 0.1) is 3.79 Å². The second-order valence-corrected chi connectivity index (χ2v) is 5.45. The van der Waals surface area contributed by atoms with Gasteiger partial charge >= 0.3 is 5.97 Å². The van der Waals surface area contributed by atoms with Crippen LogP contribution in [0.4, 0.5) is 0 Å². The van der Waals surface area contributed by atoms with E-state index in [-0.39, 0.29) is 0 Å². The summed E-state index contributed by atoms with van der Waals surface area (Å²) in [7, 11) is 0. The highest BCUT2D eigenvalue weighted by Gasteiger charge is 2.11. The fourth-order valence-electron chi connectivity index (χ4n) is 0.840. The molecule has 0 aliphatic heterocycles. The lowest BCUT2D eigenvalue weighted by molar-refractivity contribution is -0.148. The Hall–Kier alpha value is -1.14. The molecule has 16 heavy (non-hydrogen) atoms. The van der Waals surface area contributed by atoms with Crippen LogP contribution in [0.2, 0.25) is 0 Å². The van der Waals surface area contributed by atoms with Gasteiger partial charge in [-0.2, -0.15) is 0 Å². The molecule has 1 atom stereocenters. The molecule has 1 amide bonds. The van der Waals surface area contributed by atoms with Gasteiger partial charge in [-0.15, -0.1) is 11.3 Å². The number of rotatable bonds is 4. The quantitative estimate of drug-likeness (QED) is 0.682. The molecule has 0 fully saturated rings. The van der Waals surface area contributed by atoms with Crippen LogP contribution in [0.15, 0.2) is 22.0 Å². The van der Waals surface area contributed by atoms with E-state index in [1.807, 2.05) is 12.1 Å². The summed E-state index contributed by atoms with van der Waals surface area (Å²) in [5.41, 5.74) is 4.95. The molecule has 0 aromatic carbocycles. The number of carbonyl (C=O) groups excluding carboxylic acids is 2. The Labute approximate surface area is 105 Å². The van der Waals surface area contributed by atoms with Crippen LogP contribution in [-0.2, 0) is 14.3 Å². The van der Waals surface area contributed by atoms with E-state index in [0.29, 0.717) is 0 Å². The summed E-state index contributed by atoms with van der Waals surface area (Å²) in [4.78, 5) is 22.8. The number of hydrogen-bond donors (Lipinski definition) is 1. The number of amides is 1. The predicted molar refractivity (Wildman–Crippen MR) is 65.8 cm³/mol. The van der Waals surface area contributed by atoms with Gasteiger partial charge in [-0.25, -0.2) is 4.79 Å². The predicted octanol–water partition coefficient (Wildman–Crippen LogP) is 1.94. The zero-order valence-corrected chi connectivity index (χ0v) is 10.9. The van der Waals surface area contributed by atoms with E-state index in [1.165, 1.54) is 24.3 Å². The molecule has 6 heteroatoms. The van der Waals surface area contributed by atoms with Crippen LogP contribution in [0, 0.1) is 0 Å². The van der Waals surface area contributed by atoms with E-state index in [1.54, 1.807) is 6.08 Å². The van der Waals surface area contributed by atoms with Crippen LogP contribution in [0.3, 0.4) is 0 Å². The normalized spacial score (nSPS) is 12.6. The highest BCUT2D eigenvalue weighted by atomic mass is 79.9. The van der Waals surface area contributed by atoms with Gasteiger partial charge in [0.1, 0.15) is 0 Å². The third kappa shape index (κ3) is 4.16. The molecule has 0 saturated carbocycles. The Balaban J connectivity index is 2.51. The highest BCUT2D eigenvalue weighted by molar-refractivity contribution is 9.11. The summed E-state index contributed by atoms with van der Waals surface area (Å²) in [6, 6.07) is 3.73. The molecule has 1 aromatic rings. The molecule has 86 valence electrons. The van der Waals surface area contributed by atoms with E-state index in [0.717, 1.165) is 8.66 Å². The number of hydrogen-bond acceptors (Lipinski definition) is 4. The SMILES string of the molecule is CC(OC(=O)/C=C/c1ccc(Br)s1)C(N)=O. The number of halogens is 1. The van der Waals surface area contributed by atoms with Gasteiger partial charge in [0.2, 0.25) is 0 Å². The molecule has 1 aromatic heterocycles. The van der Waals surface area contributed by atoms with Crippen LogP contribution in [0.1, 0.15) is 11.8 Å². The van der Waals surface area contributed by atoms with Crippen molar-refractivity contribution >= 4 is 45.2 Å². The lowest BCUT2D eigenvalue weighted by atomic mass is 10.4. The minimum Gasteiger partial charge on any atom is -0.449 e. The molecule has 0 bridgehead atoms. The first kappa shape index (κ1) is 12.9. The van der Waals surface area contributed by atoms with Crippen LogP contribution in [0.5, 0.6) is 0 Å². The molecular formula is C10H10BrNO3S. The number of primary amides is 1. The van der Waals surface area contributed by atoms with Gasteiger partial charge in [0.25, 0.3) is 5.91 Å². The first-order valence-electron chi connectivity index (χ1n) is 4.42. The second-order valence-electron chi connectivity index (χ2n) is 2.96. The number of esters is 1. The number of thiophene rings is 1. The van der Waals surface area contributed by atoms with Gasteiger partial charge in [-0.3, -0.25) is 4.79 Å². The molecule has 1 rings (SSSR count). The van der Waals surface area contributed by atoms with E-state index in [4.69, 9.17) is 10.5 Å². The van der Waals surface area contributed by atoms with Gasteiger partial charge in [0.15, 0.2) is 6.10 Å². The zero-order valence-electron chi connectivity index (χ0n) is 8.48. The molecule has 0 aliphatic carbocycles. The Morgan fingerprint density at radius 2 is 2.25 bits per heavy atom. The topological polar surface area (TPSA) is 69.4 Å². The number of carbonyl (C=O) groups is 2.